The van der Waals surface area contributed by atoms with Gasteiger partial charge in [0.25, 0.3) is 0 Å². The number of fused-ring (bicyclic) bond motifs is 1. The second-order valence-corrected chi connectivity index (χ2v) is 4.15. The third kappa shape index (κ3) is 0.342. The summed E-state index contributed by atoms with van der Waals surface area (Å²) in [6, 6.07) is 0. The van der Waals surface area contributed by atoms with E-state index in [9.17, 15) is 0 Å². The molecule has 0 N–H and O–H groups in total. The van der Waals surface area contributed by atoms with Gasteiger partial charge in [0.2, 0.25) is 0 Å². The Bertz CT molecular complexity index is 146. The highest BCUT2D eigenvalue weighted by atomic mass is 14.8. The van der Waals surface area contributed by atoms with E-state index in [1.54, 1.807) is 0 Å². The van der Waals surface area contributed by atoms with Crippen LogP contribution in [0.2, 0.25) is 0 Å². The first-order valence-electron chi connectivity index (χ1n) is 4.17. The molecule has 0 bridgehead atoms. The Morgan fingerprint density at radius 3 is 2.11 bits per heavy atom. The normalized spacial score (nSPS) is 62.3. The molecule has 0 heterocycles. The first kappa shape index (κ1) is 5.76. The van der Waals surface area contributed by atoms with Crippen LogP contribution < -0.4 is 0 Å². The van der Waals surface area contributed by atoms with Crippen LogP contribution in [0.15, 0.2) is 0 Å². The fourth-order valence-electron chi connectivity index (χ4n) is 3.27. The van der Waals surface area contributed by atoms with Crippen molar-refractivity contribution in [2.24, 2.45) is 16.7 Å². The zero-order valence-corrected chi connectivity index (χ0v) is 6.70. The first-order chi connectivity index (χ1) is 4.17. The third-order valence-electron chi connectivity index (χ3n) is 4.56. The molecule has 0 aromatic rings. The molecule has 0 saturated heterocycles. The van der Waals surface area contributed by atoms with Crippen LogP contribution in [0.4, 0.5) is 0 Å². The largest absolute Gasteiger partial charge is 0.0648 e. The highest BCUT2D eigenvalue weighted by Gasteiger charge is 2.75. The Kier molecular flexibility index (Phi) is 0.774. The Morgan fingerprint density at radius 1 is 1.44 bits per heavy atom. The van der Waals surface area contributed by atoms with Gasteiger partial charge in [-0.2, -0.15) is 0 Å². The number of hydrogen-bond donors (Lipinski definition) is 0. The van der Waals surface area contributed by atoms with Gasteiger partial charge in [-0.05, 0) is 36.0 Å². The van der Waals surface area contributed by atoms with Crippen molar-refractivity contribution in [3.05, 3.63) is 0 Å². The molecule has 2 aliphatic carbocycles. The summed E-state index contributed by atoms with van der Waals surface area (Å²) in [6.45, 7) is 7.24. The Balaban J connectivity index is 2.21. The van der Waals surface area contributed by atoms with Crippen LogP contribution in [0.3, 0.4) is 0 Å². The highest BCUT2D eigenvalue weighted by molar-refractivity contribution is 5.23. The minimum Gasteiger partial charge on any atom is -0.0648 e. The molecule has 0 unspecified atom stereocenters. The third-order valence-corrected chi connectivity index (χ3v) is 4.56. The molecule has 0 radical (unpaired) electrons. The SMILES string of the molecule is CC[C@@]12CC[C@]1(C)[C@H]2C. The molecule has 0 heteroatoms. The summed E-state index contributed by atoms with van der Waals surface area (Å²) >= 11 is 0. The zero-order chi connectivity index (χ0) is 6.70. The zero-order valence-electron chi connectivity index (χ0n) is 6.70. The van der Waals surface area contributed by atoms with Crippen molar-refractivity contribution in [2.45, 2.75) is 40.0 Å². The summed E-state index contributed by atoms with van der Waals surface area (Å²) < 4.78 is 0. The molecule has 0 spiro atoms. The minimum absolute atomic E-state index is 0.793. The summed E-state index contributed by atoms with van der Waals surface area (Å²) in [7, 11) is 0. The van der Waals surface area contributed by atoms with Crippen LogP contribution in [-0.4, -0.2) is 0 Å². The average molecular weight is 124 g/mol. The van der Waals surface area contributed by atoms with E-state index in [0.717, 1.165) is 16.7 Å². The summed E-state index contributed by atoms with van der Waals surface area (Å²) in [4.78, 5) is 0. The molecule has 2 saturated carbocycles. The van der Waals surface area contributed by atoms with E-state index in [2.05, 4.69) is 20.8 Å². The van der Waals surface area contributed by atoms with E-state index >= 15 is 0 Å². The van der Waals surface area contributed by atoms with Crippen molar-refractivity contribution in [3.63, 3.8) is 0 Å². The van der Waals surface area contributed by atoms with E-state index in [1.165, 1.54) is 19.3 Å². The van der Waals surface area contributed by atoms with Crippen molar-refractivity contribution in [3.8, 4) is 0 Å². The standard InChI is InChI=1S/C9H16/c1-4-9-6-5-8(9,3)7(9)2/h7H,4-6H2,1-3H3/t7-,8-,9+/m1/s1. The van der Waals surface area contributed by atoms with Crippen LogP contribution >= 0.6 is 0 Å². The van der Waals surface area contributed by atoms with Gasteiger partial charge in [0.05, 0.1) is 0 Å². The quantitative estimate of drug-likeness (QED) is 0.504. The molecule has 9 heavy (non-hydrogen) atoms. The molecular weight excluding hydrogens is 108 g/mol. The van der Waals surface area contributed by atoms with E-state index in [-0.39, 0.29) is 0 Å². The van der Waals surface area contributed by atoms with Crippen LogP contribution in [0.5, 0.6) is 0 Å². The number of hydrogen-bond acceptors (Lipinski definition) is 0. The molecule has 2 aliphatic rings. The van der Waals surface area contributed by atoms with Crippen LogP contribution in [0, 0.1) is 16.7 Å². The fraction of sp³-hybridized carbons (Fsp3) is 1.00. The van der Waals surface area contributed by atoms with E-state index in [1.807, 2.05) is 0 Å². The van der Waals surface area contributed by atoms with Gasteiger partial charge in [-0.3, -0.25) is 0 Å². The van der Waals surface area contributed by atoms with Crippen molar-refractivity contribution in [2.75, 3.05) is 0 Å². The molecule has 0 aliphatic heterocycles. The van der Waals surface area contributed by atoms with Gasteiger partial charge in [-0.1, -0.05) is 20.8 Å². The van der Waals surface area contributed by atoms with Gasteiger partial charge in [0, 0.05) is 0 Å². The Hall–Kier alpha value is 0. The Morgan fingerprint density at radius 2 is 2.11 bits per heavy atom. The van der Waals surface area contributed by atoms with Gasteiger partial charge in [0.15, 0.2) is 0 Å². The first-order valence-corrected chi connectivity index (χ1v) is 4.17. The molecule has 3 atom stereocenters. The molecular formula is C9H16. The molecule has 0 aromatic heterocycles. The fourth-order valence-corrected chi connectivity index (χ4v) is 3.27. The molecule has 0 aromatic carbocycles. The lowest BCUT2D eigenvalue weighted by atomic mass is 9.74. The molecule has 52 valence electrons. The maximum Gasteiger partial charge on any atom is -0.0212 e. The molecule has 2 fully saturated rings. The van der Waals surface area contributed by atoms with Crippen LogP contribution in [0.25, 0.3) is 0 Å². The monoisotopic (exact) mass is 124 g/mol. The predicted octanol–water partition coefficient (Wildman–Crippen LogP) is 2.83. The molecule has 0 nitrogen and oxygen atoms in total. The minimum atomic E-state index is 0.793. The van der Waals surface area contributed by atoms with Gasteiger partial charge in [0.1, 0.15) is 0 Å². The van der Waals surface area contributed by atoms with E-state index in [0.29, 0.717) is 0 Å². The summed E-state index contributed by atoms with van der Waals surface area (Å²) in [5.74, 6) is 1.04. The molecule has 0 amide bonds. The lowest BCUT2D eigenvalue weighted by Crippen LogP contribution is -2.21. The smallest absolute Gasteiger partial charge is 0.0212 e. The Labute approximate surface area is 57.6 Å². The van der Waals surface area contributed by atoms with E-state index in [4.69, 9.17) is 0 Å². The predicted molar refractivity (Wildman–Crippen MR) is 39.2 cm³/mol. The topological polar surface area (TPSA) is 0 Å². The summed E-state index contributed by atoms with van der Waals surface area (Å²) in [5.41, 5.74) is 1.62. The van der Waals surface area contributed by atoms with Crippen LogP contribution in [-0.2, 0) is 0 Å². The maximum absolute atomic E-state index is 2.46. The second-order valence-electron chi connectivity index (χ2n) is 4.15. The van der Waals surface area contributed by atoms with Gasteiger partial charge in [-0.15, -0.1) is 0 Å². The number of rotatable bonds is 1. The maximum atomic E-state index is 2.46. The average Bonchev–Trinajstić information content (AvgIpc) is 2.13. The summed E-state index contributed by atoms with van der Waals surface area (Å²) in [6.07, 6.45) is 4.44. The van der Waals surface area contributed by atoms with Crippen molar-refractivity contribution >= 4 is 0 Å². The van der Waals surface area contributed by atoms with Gasteiger partial charge < -0.3 is 0 Å². The van der Waals surface area contributed by atoms with Crippen LogP contribution in [0.1, 0.15) is 40.0 Å². The highest BCUT2D eigenvalue weighted by Crippen LogP contribution is 2.82. The van der Waals surface area contributed by atoms with E-state index < -0.39 is 0 Å². The molecule has 2 rings (SSSR count). The summed E-state index contributed by atoms with van der Waals surface area (Å²) in [5, 5.41) is 0. The van der Waals surface area contributed by atoms with Gasteiger partial charge >= 0.3 is 0 Å². The lowest BCUT2D eigenvalue weighted by molar-refractivity contribution is 0.190. The van der Waals surface area contributed by atoms with Crippen molar-refractivity contribution < 1.29 is 0 Å². The second kappa shape index (κ2) is 1.21. The lowest BCUT2D eigenvalue weighted by Gasteiger charge is -2.31. The van der Waals surface area contributed by atoms with Crippen molar-refractivity contribution in [1.29, 1.82) is 0 Å². The van der Waals surface area contributed by atoms with Gasteiger partial charge in [-0.25, -0.2) is 0 Å². The van der Waals surface area contributed by atoms with Crippen molar-refractivity contribution in [1.82, 2.24) is 0 Å².